The van der Waals surface area contributed by atoms with Crippen LogP contribution in [-0.4, -0.2) is 73.9 Å². The summed E-state index contributed by atoms with van der Waals surface area (Å²) in [4.78, 5) is 32.4. The number of rotatable bonds is 6. The number of nitrogens with one attached hydrogen (secondary N) is 2. The summed E-state index contributed by atoms with van der Waals surface area (Å²) in [6, 6.07) is 13.4. The first-order chi connectivity index (χ1) is 17.1. The van der Waals surface area contributed by atoms with Crippen molar-refractivity contribution >= 4 is 40.0 Å². The Bertz CT molecular complexity index is 1310. The van der Waals surface area contributed by atoms with Gasteiger partial charge < -0.3 is 24.8 Å². The number of anilines is 3. The highest BCUT2D eigenvalue weighted by Crippen LogP contribution is 2.34. The van der Waals surface area contributed by atoms with Gasteiger partial charge in [-0.05, 0) is 42.5 Å². The zero-order chi connectivity index (χ0) is 23.9. The summed E-state index contributed by atoms with van der Waals surface area (Å²) < 4.78 is 16.4. The van der Waals surface area contributed by atoms with Crippen molar-refractivity contribution < 1.29 is 23.8 Å². The van der Waals surface area contributed by atoms with Gasteiger partial charge in [0.1, 0.15) is 17.6 Å². The molecular weight excluding hydrogens is 450 g/mol. The highest BCUT2D eigenvalue weighted by molar-refractivity contribution is 5.97. The molecule has 1 aromatic heterocycles. The Hall–Kier alpha value is -4.05. The first kappa shape index (κ1) is 21.5. The van der Waals surface area contributed by atoms with Crippen LogP contribution in [0.5, 0.6) is 11.5 Å². The van der Waals surface area contributed by atoms with Crippen LogP contribution >= 0.6 is 0 Å². The van der Waals surface area contributed by atoms with Crippen molar-refractivity contribution in [2.24, 2.45) is 0 Å². The number of hydrogen-bond donors (Lipinski definition) is 2. The molecule has 4 heterocycles. The third-order valence-corrected chi connectivity index (χ3v) is 6.51. The monoisotopic (exact) mass is 475 g/mol. The smallest absolute Gasteiger partial charge is 0.414 e. The second kappa shape index (κ2) is 8.62. The van der Waals surface area contributed by atoms with Crippen molar-refractivity contribution in [1.29, 1.82) is 0 Å². The first-order valence-corrected chi connectivity index (χ1v) is 11.5. The summed E-state index contributed by atoms with van der Waals surface area (Å²) in [7, 11) is 1.66. The van der Waals surface area contributed by atoms with Crippen LogP contribution in [0.4, 0.5) is 21.9 Å². The van der Waals surface area contributed by atoms with Crippen molar-refractivity contribution in [3.8, 4) is 11.5 Å². The maximum absolute atomic E-state index is 12.5. The van der Waals surface area contributed by atoms with Crippen molar-refractivity contribution in [1.82, 2.24) is 9.88 Å². The van der Waals surface area contributed by atoms with Gasteiger partial charge in [0.05, 0.1) is 30.9 Å². The Labute approximate surface area is 201 Å². The molecule has 6 rings (SSSR count). The van der Waals surface area contributed by atoms with Crippen LogP contribution in [0.3, 0.4) is 0 Å². The van der Waals surface area contributed by atoms with Crippen LogP contribution in [0.15, 0.2) is 48.7 Å². The highest BCUT2D eigenvalue weighted by Gasteiger charge is 2.37. The molecule has 2 saturated heterocycles. The SMILES string of the molecule is COc1ccc2nccc(NC3CN(C[C@@H]4CN(c5ccc6c(c5)NC(=O)CO6)C(=O)O4)C3)c2c1. The number of aromatic nitrogens is 1. The van der Waals surface area contributed by atoms with Crippen LogP contribution in [0, 0.1) is 0 Å². The molecule has 3 aromatic rings. The van der Waals surface area contributed by atoms with E-state index < -0.39 is 0 Å². The molecule has 0 aliphatic carbocycles. The van der Waals surface area contributed by atoms with Crippen LogP contribution in [0.2, 0.25) is 0 Å². The third kappa shape index (κ3) is 4.17. The van der Waals surface area contributed by atoms with Gasteiger partial charge in [-0.3, -0.25) is 19.6 Å². The third-order valence-electron chi connectivity index (χ3n) is 6.51. The fourth-order valence-electron chi connectivity index (χ4n) is 4.76. The average Bonchev–Trinajstić information content (AvgIpc) is 3.22. The molecule has 10 heteroatoms. The van der Waals surface area contributed by atoms with Crippen molar-refractivity contribution in [3.63, 3.8) is 0 Å². The zero-order valence-corrected chi connectivity index (χ0v) is 19.2. The average molecular weight is 476 g/mol. The summed E-state index contributed by atoms with van der Waals surface area (Å²) in [6.45, 7) is 2.82. The fraction of sp³-hybridized carbons (Fsp3) is 0.320. The topological polar surface area (TPSA) is 105 Å². The molecule has 180 valence electrons. The standard InChI is InChI=1S/C25H25N5O5/c1-33-17-3-4-20-19(9-17)21(6-7-26-20)27-15-10-29(11-15)12-18-13-30(25(32)35-18)16-2-5-23-22(8-16)28-24(31)14-34-23/h2-9,15,18H,10-14H2,1H3,(H,26,27)(H,28,31)/t18-/m1/s1. The number of nitrogens with zero attached hydrogens (tertiary/aromatic N) is 3. The van der Waals surface area contributed by atoms with Crippen LogP contribution in [0.25, 0.3) is 10.9 Å². The molecule has 2 aromatic carbocycles. The van der Waals surface area contributed by atoms with Crippen molar-refractivity contribution in [2.75, 3.05) is 55.4 Å². The maximum atomic E-state index is 12.5. The lowest BCUT2D eigenvalue weighted by molar-refractivity contribution is -0.118. The minimum absolute atomic E-state index is 0.00254. The number of cyclic esters (lactones) is 1. The Morgan fingerprint density at radius 3 is 2.89 bits per heavy atom. The molecular formula is C25H25N5O5. The van der Waals surface area contributed by atoms with Crippen LogP contribution in [-0.2, 0) is 9.53 Å². The lowest BCUT2D eigenvalue weighted by Gasteiger charge is -2.41. The summed E-state index contributed by atoms with van der Waals surface area (Å²) in [6.07, 6.45) is 1.19. The Morgan fingerprint density at radius 1 is 1.14 bits per heavy atom. The van der Waals surface area contributed by atoms with E-state index in [1.807, 2.05) is 24.3 Å². The lowest BCUT2D eigenvalue weighted by atomic mass is 10.1. The second-order valence-electron chi connectivity index (χ2n) is 8.94. The number of benzene rings is 2. The second-order valence-corrected chi connectivity index (χ2v) is 8.94. The molecule has 2 N–H and O–H groups in total. The van der Waals surface area contributed by atoms with Gasteiger partial charge in [0, 0.05) is 42.6 Å². The number of hydrogen-bond acceptors (Lipinski definition) is 8. The van der Waals surface area contributed by atoms with E-state index in [1.54, 1.807) is 36.4 Å². The predicted octanol–water partition coefficient (Wildman–Crippen LogP) is 2.70. The quantitative estimate of drug-likeness (QED) is 0.561. The molecule has 0 spiro atoms. The number of likely N-dealkylation sites (tertiary alicyclic amines) is 1. The number of fused-ring (bicyclic) bond motifs is 2. The Kier molecular flexibility index (Phi) is 5.29. The van der Waals surface area contributed by atoms with Gasteiger partial charge in [0.2, 0.25) is 0 Å². The maximum Gasteiger partial charge on any atom is 0.414 e. The molecule has 0 saturated carbocycles. The van der Waals surface area contributed by atoms with E-state index in [9.17, 15) is 9.59 Å². The normalized spacial score (nSPS) is 20.0. The number of carbonyl (C=O) groups is 2. The van der Waals surface area contributed by atoms with E-state index in [0.29, 0.717) is 36.3 Å². The lowest BCUT2D eigenvalue weighted by Crippen LogP contribution is -2.56. The minimum atomic E-state index is -0.384. The van der Waals surface area contributed by atoms with Gasteiger partial charge in [-0.15, -0.1) is 0 Å². The van der Waals surface area contributed by atoms with Gasteiger partial charge in [0.15, 0.2) is 6.61 Å². The van der Waals surface area contributed by atoms with E-state index in [4.69, 9.17) is 14.2 Å². The Balaban J connectivity index is 1.05. The molecule has 0 radical (unpaired) electrons. The van der Waals surface area contributed by atoms with Gasteiger partial charge in [0.25, 0.3) is 5.91 Å². The van der Waals surface area contributed by atoms with Crippen molar-refractivity contribution in [3.05, 3.63) is 48.7 Å². The first-order valence-electron chi connectivity index (χ1n) is 11.5. The number of ether oxygens (including phenoxy) is 3. The van der Waals surface area contributed by atoms with E-state index in [-0.39, 0.29) is 24.7 Å². The van der Waals surface area contributed by atoms with E-state index in [2.05, 4.69) is 20.5 Å². The minimum Gasteiger partial charge on any atom is -0.497 e. The molecule has 3 aliphatic rings. The fourth-order valence-corrected chi connectivity index (χ4v) is 4.76. The van der Waals surface area contributed by atoms with E-state index in [0.717, 1.165) is 35.4 Å². The van der Waals surface area contributed by atoms with Crippen molar-refractivity contribution in [2.45, 2.75) is 12.1 Å². The molecule has 0 bridgehead atoms. The Morgan fingerprint density at radius 2 is 2.03 bits per heavy atom. The number of pyridine rings is 1. The number of amides is 2. The van der Waals surface area contributed by atoms with Gasteiger partial charge >= 0.3 is 6.09 Å². The number of methoxy groups -OCH3 is 1. The van der Waals surface area contributed by atoms with Crippen LogP contribution < -0.4 is 25.0 Å². The van der Waals surface area contributed by atoms with Gasteiger partial charge in [-0.1, -0.05) is 0 Å². The molecule has 3 aliphatic heterocycles. The zero-order valence-electron chi connectivity index (χ0n) is 19.2. The predicted molar refractivity (Wildman–Crippen MR) is 130 cm³/mol. The molecule has 0 unspecified atom stereocenters. The summed E-state index contributed by atoms with van der Waals surface area (Å²) in [5.41, 5.74) is 3.18. The molecule has 2 fully saturated rings. The molecule has 35 heavy (non-hydrogen) atoms. The summed E-state index contributed by atoms with van der Waals surface area (Å²) in [5, 5.41) is 7.40. The summed E-state index contributed by atoms with van der Waals surface area (Å²) >= 11 is 0. The van der Waals surface area contributed by atoms with Crippen LogP contribution in [0.1, 0.15) is 0 Å². The van der Waals surface area contributed by atoms with E-state index in [1.165, 1.54) is 0 Å². The highest BCUT2D eigenvalue weighted by atomic mass is 16.6. The molecule has 1 atom stereocenters. The largest absolute Gasteiger partial charge is 0.497 e. The number of carbonyl (C=O) groups excluding carboxylic acids is 2. The summed E-state index contributed by atoms with van der Waals surface area (Å²) in [5.74, 6) is 1.18. The molecule has 2 amide bonds. The van der Waals surface area contributed by atoms with Gasteiger partial charge in [-0.25, -0.2) is 4.79 Å². The van der Waals surface area contributed by atoms with Gasteiger partial charge in [-0.2, -0.15) is 0 Å². The van der Waals surface area contributed by atoms with E-state index >= 15 is 0 Å². The molecule has 10 nitrogen and oxygen atoms in total.